The molecule has 1 fully saturated rings. The normalized spacial score (nSPS) is 14.6. The van der Waals surface area contributed by atoms with Crippen LogP contribution in [-0.4, -0.2) is 20.4 Å². The van der Waals surface area contributed by atoms with Crippen molar-refractivity contribution < 1.29 is 0 Å². The number of fused-ring (bicyclic) bond motifs is 1. The van der Waals surface area contributed by atoms with Crippen LogP contribution in [0.3, 0.4) is 0 Å². The Labute approximate surface area is 116 Å². The summed E-state index contributed by atoms with van der Waals surface area (Å²) >= 11 is 0. The van der Waals surface area contributed by atoms with E-state index in [0.29, 0.717) is 6.04 Å². The molecule has 0 unspecified atom stereocenters. The number of hydrogen-bond donors (Lipinski definition) is 2. The fraction of sp³-hybridized carbons (Fsp3) is 0.200. The van der Waals surface area contributed by atoms with Gasteiger partial charge in [-0.3, -0.25) is 4.40 Å². The Bertz CT molecular complexity index is 773. The van der Waals surface area contributed by atoms with Gasteiger partial charge in [0.15, 0.2) is 11.5 Å². The summed E-state index contributed by atoms with van der Waals surface area (Å²) in [6.07, 6.45) is 8.02. The first-order valence-corrected chi connectivity index (χ1v) is 6.76. The van der Waals surface area contributed by atoms with Crippen molar-refractivity contribution in [1.29, 1.82) is 0 Å². The van der Waals surface area contributed by atoms with Crippen LogP contribution < -0.4 is 11.1 Å². The average Bonchev–Trinajstić information content (AvgIpc) is 3.15. The molecule has 2 heterocycles. The largest absolute Gasteiger partial charge is 0.399 e. The molecule has 5 nitrogen and oxygen atoms in total. The van der Waals surface area contributed by atoms with Gasteiger partial charge in [-0.1, -0.05) is 12.1 Å². The molecule has 1 aliphatic carbocycles. The summed E-state index contributed by atoms with van der Waals surface area (Å²) in [5.74, 6) is 0.852. The van der Waals surface area contributed by atoms with Crippen LogP contribution >= 0.6 is 0 Å². The van der Waals surface area contributed by atoms with E-state index in [1.807, 2.05) is 41.1 Å². The highest BCUT2D eigenvalue weighted by molar-refractivity contribution is 5.72. The number of anilines is 2. The second-order valence-corrected chi connectivity index (χ2v) is 5.16. The standard InChI is InChI=1S/C15H15N5/c16-11-3-1-2-10(8-11)13-9-18-15-14(19-12-4-5-12)17-6-7-20(13)15/h1-3,6-9,12H,4-5,16H2,(H,17,19). The Balaban J connectivity index is 1.84. The van der Waals surface area contributed by atoms with E-state index >= 15 is 0 Å². The van der Waals surface area contributed by atoms with Crippen molar-refractivity contribution in [3.63, 3.8) is 0 Å². The summed E-state index contributed by atoms with van der Waals surface area (Å²) in [5, 5.41) is 3.42. The molecule has 0 radical (unpaired) electrons. The summed E-state index contributed by atoms with van der Waals surface area (Å²) < 4.78 is 2.05. The molecule has 2 aromatic heterocycles. The van der Waals surface area contributed by atoms with Gasteiger partial charge in [0.25, 0.3) is 0 Å². The van der Waals surface area contributed by atoms with Crippen molar-refractivity contribution in [2.45, 2.75) is 18.9 Å². The number of nitrogens with zero attached hydrogens (tertiary/aromatic N) is 3. The molecule has 3 N–H and O–H groups in total. The molecule has 3 aromatic rings. The smallest absolute Gasteiger partial charge is 0.180 e. The molecule has 1 saturated carbocycles. The topological polar surface area (TPSA) is 68.2 Å². The van der Waals surface area contributed by atoms with Crippen LogP contribution in [0.2, 0.25) is 0 Å². The fourth-order valence-corrected chi connectivity index (χ4v) is 2.35. The molecule has 0 bridgehead atoms. The van der Waals surface area contributed by atoms with Gasteiger partial charge in [0.05, 0.1) is 11.9 Å². The van der Waals surface area contributed by atoms with E-state index < -0.39 is 0 Å². The second-order valence-electron chi connectivity index (χ2n) is 5.16. The molecule has 4 rings (SSSR count). The summed E-state index contributed by atoms with van der Waals surface area (Å²) in [7, 11) is 0. The number of aromatic nitrogens is 3. The molecule has 0 amide bonds. The maximum Gasteiger partial charge on any atom is 0.180 e. The fourth-order valence-electron chi connectivity index (χ4n) is 2.35. The van der Waals surface area contributed by atoms with E-state index in [-0.39, 0.29) is 0 Å². The van der Waals surface area contributed by atoms with Crippen LogP contribution in [0.5, 0.6) is 0 Å². The zero-order chi connectivity index (χ0) is 13.5. The highest BCUT2D eigenvalue weighted by Gasteiger charge is 2.23. The maximum atomic E-state index is 5.86. The Kier molecular flexibility index (Phi) is 2.39. The van der Waals surface area contributed by atoms with Crippen molar-refractivity contribution >= 4 is 17.2 Å². The van der Waals surface area contributed by atoms with E-state index in [9.17, 15) is 0 Å². The summed E-state index contributed by atoms with van der Waals surface area (Å²) in [6.45, 7) is 0. The zero-order valence-electron chi connectivity index (χ0n) is 11.0. The number of hydrogen-bond acceptors (Lipinski definition) is 4. The Morgan fingerprint density at radius 3 is 2.95 bits per heavy atom. The van der Waals surface area contributed by atoms with Crippen molar-refractivity contribution in [2.75, 3.05) is 11.1 Å². The van der Waals surface area contributed by atoms with Gasteiger partial charge in [-0.15, -0.1) is 0 Å². The molecule has 0 spiro atoms. The van der Waals surface area contributed by atoms with Crippen LogP contribution in [0, 0.1) is 0 Å². The van der Waals surface area contributed by atoms with Crippen molar-refractivity contribution in [3.8, 4) is 11.3 Å². The van der Waals surface area contributed by atoms with Crippen LogP contribution in [0.4, 0.5) is 11.5 Å². The molecule has 100 valence electrons. The number of benzene rings is 1. The van der Waals surface area contributed by atoms with Crippen molar-refractivity contribution in [3.05, 3.63) is 42.9 Å². The van der Waals surface area contributed by atoms with Gasteiger partial charge >= 0.3 is 0 Å². The van der Waals surface area contributed by atoms with Gasteiger partial charge in [0, 0.05) is 29.7 Å². The first kappa shape index (κ1) is 11.3. The van der Waals surface area contributed by atoms with Crippen LogP contribution in [0.1, 0.15) is 12.8 Å². The molecule has 0 saturated heterocycles. The Hall–Kier alpha value is -2.56. The van der Waals surface area contributed by atoms with E-state index in [4.69, 9.17) is 5.73 Å². The summed E-state index contributed by atoms with van der Waals surface area (Å²) in [5.41, 5.74) is 9.55. The van der Waals surface area contributed by atoms with Gasteiger partial charge in [-0.25, -0.2) is 9.97 Å². The average molecular weight is 265 g/mol. The number of imidazole rings is 1. The lowest BCUT2D eigenvalue weighted by Crippen LogP contribution is -2.05. The van der Waals surface area contributed by atoms with Gasteiger partial charge in [0.1, 0.15) is 0 Å². The van der Waals surface area contributed by atoms with Gasteiger partial charge in [-0.05, 0) is 25.0 Å². The molecule has 5 heteroatoms. The van der Waals surface area contributed by atoms with Crippen LogP contribution in [0.15, 0.2) is 42.9 Å². The molecule has 1 aliphatic rings. The monoisotopic (exact) mass is 265 g/mol. The molecule has 1 aromatic carbocycles. The SMILES string of the molecule is Nc1cccc(-c2cnc3c(NC4CC4)nccn23)c1. The van der Waals surface area contributed by atoms with Gasteiger partial charge < -0.3 is 11.1 Å². The first-order chi connectivity index (χ1) is 9.81. The van der Waals surface area contributed by atoms with Crippen LogP contribution in [-0.2, 0) is 0 Å². The number of nitrogen functional groups attached to an aromatic ring is 1. The van der Waals surface area contributed by atoms with Crippen molar-refractivity contribution in [1.82, 2.24) is 14.4 Å². The Morgan fingerprint density at radius 2 is 2.15 bits per heavy atom. The Morgan fingerprint density at radius 1 is 1.25 bits per heavy atom. The molecular weight excluding hydrogens is 250 g/mol. The molecule has 20 heavy (non-hydrogen) atoms. The van der Waals surface area contributed by atoms with E-state index in [1.165, 1.54) is 12.8 Å². The van der Waals surface area contributed by atoms with E-state index in [2.05, 4.69) is 15.3 Å². The lowest BCUT2D eigenvalue weighted by atomic mass is 10.1. The lowest BCUT2D eigenvalue weighted by Gasteiger charge is -2.06. The molecule has 0 aliphatic heterocycles. The second kappa shape index (κ2) is 4.23. The third-order valence-electron chi connectivity index (χ3n) is 3.53. The zero-order valence-corrected chi connectivity index (χ0v) is 11.0. The highest BCUT2D eigenvalue weighted by atomic mass is 15.1. The summed E-state index contributed by atoms with van der Waals surface area (Å²) in [6, 6.07) is 8.39. The quantitative estimate of drug-likeness (QED) is 0.714. The predicted octanol–water partition coefficient (Wildman–Crippen LogP) is 2.55. The highest BCUT2D eigenvalue weighted by Crippen LogP contribution is 2.28. The minimum Gasteiger partial charge on any atom is -0.399 e. The van der Waals surface area contributed by atoms with Crippen LogP contribution in [0.25, 0.3) is 16.9 Å². The summed E-state index contributed by atoms with van der Waals surface area (Å²) in [4.78, 5) is 8.90. The maximum absolute atomic E-state index is 5.86. The number of nitrogens with one attached hydrogen (secondary N) is 1. The lowest BCUT2D eigenvalue weighted by molar-refractivity contribution is 1.07. The van der Waals surface area contributed by atoms with E-state index in [1.54, 1.807) is 6.20 Å². The third-order valence-corrected chi connectivity index (χ3v) is 3.53. The van der Waals surface area contributed by atoms with Crippen molar-refractivity contribution in [2.24, 2.45) is 0 Å². The number of nitrogens with two attached hydrogens (primary N) is 1. The minimum absolute atomic E-state index is 0.557. The van der Waals surface area contributed by atoms with Gasteiger partial charge in [0.2, 0.25) is 0 Å². The molecule has 0 atom stereocenters. The minimum atomic E-state index is 0.557. The molecular formula is C15H15N5. The van der Waals surface area contributed by atoms with Gasteiger partial charge in [-0.2, -0.15) is 0 Å². The number of rotatable bonds is 3. The van der Waals surface area contributed by atoms with E-state index in [0.717, 1.165) is 28.4 Å². The first-order valence-electron chi connectivity index (χ1n) is 6.76. The third kappa shape index (κ3) is 1.87. The predicted molar refractivity (Wildman–Crippen MR) is 79.5 cm³/mol.